The van der Waals surface area contributed by atoms with Crippen molar-refractivity contribution < 1.29 is 4.79 Å². The van der Waals surface area contributed by atoms with E-state index < -0.39 is 0 Å². The number of hydrogen-bond donors (Lipinski definition) is 1. The monoisotopic (exact) mass is 325 g/mol. The van der Waals surface area contributed by atoms with E-state index in [1.807, 2.05) is 6.92 Å². The van der Waals surface area contributed by atoms with Gasteiger partial charge in [0.1, 0.15) is 9.76 Å². The van der Waals surface area contributed by atoms with Gasteiger partial charge in [0.05, 0.1) is 16.9 Å². The van der Waals surface area contributed by atoms with Crippen molar-refractivity contribution in [1.82, 2.24) is 9.97 Å². The van der Waals surface area contributed by atoms with Gasteiger partial charge in [0.2, 0.25) is 0 Å². The van der Waals surface area contributed by atoms with Crippen LogP contribution in [0.25, 0.3) is 0 Å². The zero-order chi connectivity index (χ0) is 13.1. The number of carbonyl (C=O) groups excluding carboxylic acids is 1. The van der Waals surface area contributed by atoms with Gasteiger partial charge in [0.15, 0.2) is 0 Å². The van der Waals surface area contributed by atoms with Crippen molar-refractivity contribution in [3.05, 3.63) is 51.5 Å². The Bertz CT molecular complexity index is 604. The number of pyridine rings is 2. The summed E-state index contributed by atoms with van der Waals surface area (Å²) in [5.74, 6) is -0.305. The number of amides is 1. The smallest absolute Gasteiger partial charge is 0.258 e. The molecule has 1 amide bonds. The molecule has 0 spiro atoms. The highest BCUT2D eigenvalue weighted by Gasteiger charge is 2.12. The Morgan fingerprint density at radius 1 is 1.39 bits per heavy atom. The largest absolute Gasteiger partial charge is 0.320 e. The Hall–Kier alpha value is -1.46. The van der Waals surface area contributed by atoms with Crippen LogP contribution in [0.5, 0.6) is 0 Å². The van der Waals surface area contributed by atoms with Gasteiger partial charge >= 0.3 is 0 Å². The molecular formula is C12H9BrClN3O. The van der Waals surface area contributed by atoms with Gasteiger partial charge in [-0.15, -0.1) is 0 Å². The van der Waals surface area contributed by atoms with E-state index in [1.54, 1.807) is 24.3 Å². The number of rotatable bonds is 2. The molecule has 0 saturated carbocycles. The number of aryl methyl sites for hydroxylation is 1. The fourth-order valence-corrected chi connectivity index (χ4v) is 2.01. The van der Waals surface area contributed by atoms with Crippen LogP contribution in [0.3, 0.4) is 0 Å². The summed E-state index contributed by atoms with van der Waals surface area (Å²) in [6.07, 6.45) is 1.53. The van der Waals surface area contributed by atoms with E-state index >= 15 is 0 Å². The molecule has 0 aliphatic heterocycles. The average Bonchev–Trinajstić information content (AvgIpc) is 2.33. The topological polar surface area (TPSA) is 54.9 Å². The molecule has 0 atom stereocenters. The molecule has 18 heavy (non-hydrogen) atoms. The lowest BCUT2D eigenvalue weighted by Gasteiger charge is -2.08. The summed E-state index contributed by atoms with van der Waals surface area (Å²) >= 11 is 9.12. The molecule has 0 bridgehead atoms. The number of aromatic nitrogens is 2. The number of nitrogens with zero attached hydrogens (tertiary/aromatic N) is 2. The highest BCUT2D eigenvalue weighted by Crippen LogP contribution is 2.18. The van der Waals surface area contributed by atoms with E-state index in [-0.39, 0.29) is 11.1 Å². The molecule has 0 aliphatic rings. The lowest BCUT2D eigenvalue weighted by molar-refractivity contribution is 0.102. The minimum absolute atomic E-state index is 0.178. The van der Waals surface area contributed by atoms with Crippen LogP contribution in [0.15, 0.2) is 35.1 Å². The quantitative estimate of drug-likeness (QED) is 0.860. The molecule has 2 heterocycles. The minimum Gasteiger partial charge on any atom is -0.320 e. The molecule has 4 nitrogen and oxygen atoms in total. The van der Waals surface area contributed by atoms with Crippen molar-refractivity contribution >= 4 is 39.1 Å². The van der Waals surface area contributed by atoms with Crippen LogP contribution in [0, 0.1) is 6.92 Å². The molecule has 1 N–H and O–H groups in total. The predicted molar refractivity (Wildman–Crippen MR) is 73.9 cm³/mol. The number of carbonyl (C=O) groups is 1. The zero-order valence-corrected chi connectivity index (χ0v) is 11.8. The SMILES string of the molecule is Cc1nc(Br)ccc1NC(=O)c1cccnc1Cl. The fraction of sp³-hybridized carbons (Fsp3) is 0.0833. The van der Waals surface area contributed by atoms with E-state index in [2.05, 4.69) is 31.2 Å². The summed E-state index contributed by atoms with van der Waals surface area (Å²) < 4.78 is 0.720. The molecule has 6 heteroatoms. The molecule has 0 saturated heterocycles. The number of nitrogens with one attached hydrogen (secondary N) is 1. The van der Waals surface area contributed by atoms with E-state index in [0.29, 0.717) is 11.3 Å². The van der Waals surface area contributed by atoms with Crippen molar-refractivity contribution in [2.45, 2.75) is 6.92 Å². The highest BCUT2D eigenvalue weighted by atomic mass is 79.9. The van der Waals surface area contributed by atoms with Crippen LogP contribution in [-0.4, -0.2) is 15.9 Å². The standard InChI is InChI=1S/C12H9BrClN3O/c1-7-9(4-5-10(13)16-7)17-12(18)8-3-2-6-15-11(8)14/h2-6H,1H3,(H,17,18). The maximum atomic E-state index is 12.0. The van der Waals surface area contributed by atoms with Crippen LogP contribution in [-0.2, 0) is 0 Å². The first-order valence-corrected chi connectivity index (χ1v) is 6.30. The van der Waals surface area contributed by atoms with Gasteiger partial charge in [0, 0.05) is 6.20 Å². The van der Waals surface area contributed by atoms with Gasteiger partial charge in [-0.25, -0.2) is 9.97 Å². The average molecular weight is 327 g/mol. The van der Waals surface area contributed by atoms with Gasteiger partial charge in [-0.3, -0.25) is 4.79 Å². The van der Waals surface area contributed by atoms with Gasteiger partial charge < -0.3 is 5.32 Å². The molecule has 2 aromatic rings. The minimum atomic E-state index is -0.305. The van der Waals surface area contributed by atoms with Crippen LogP contribution in [0.1, 0.15) is 16.1 Å². The molecule has 0 fully saturated rings. The van der Waals surface area contributed by atoms with Crippen LogP contribution in [0.2, 0.25) is 5.15 Å². The molecule has 2 aromatic heterocycles. The Labute approximate surface area is 118 Å². The Morgan fingerprint density at radius 3 is 2.83 bits per heavy atom. The number of anilines is 1. The van der Waals surface area contributed by atoms with Crippen molar-refractivity contribution in [1.29, 1.82) is 0 Å². The van der Waals surface area contributed by atoms with Gasteiger partial charge in [0.25, 0.3) is 5.91 Å². The van der Waals surface area contributed by atoms with E-state index in [1.165, 1.54) is 6.20 Å². The Balaban J connectivity index is 2.24. The van der Waals surface area contributed by atoms with E-state index in [9.17, 15) is 4.79 Å². The molecule has 0 aromatic carbocycles. The van der Waals surface area contributed by atoms with Crippen LogP contribution >= 0.6 is 27.5 Å². The lowest BCUT2D eigenvalue weighted by Crippen LogP contribution is -2.14. The summed E-state index contributed by atoms with van der Waals surface area (Å²) in [6, 6.07) is 6.81. The Morgan fingerprint density at radius 2 is 2.17 bits per heavy atom. The first-order valence-electron chi connectivity index (χ1n) is 5.13. The van der Waals surface area contributed by atoms with Gasteiger partial charge in [-0.2, -0.15) is 0 Å². The normalized spacial score (nSPS) is 10.2. The van der Waals surface area contributed by atoms with Crippen LogP contribution in [0.4, 0.5) is 5.69 Å². The number of halogens is 2. The first kappa shape index (κ1) is 13.0. The summed E-state index contributed by atoms with van der Waals surface area (Å²) in [5, 5.41) is 2.93. The van der Waals surface area contributed by atoms with Crippen molar-refractivity contribution in [2.75, 3.05) is 5.32 Å². The summed E-state index contributed by atoms with van der Waals surface area (Å²) in [4.78, 5) is 20.1. The molecule has 0 aliphatic carbocycles. The lowest BCUT2D eigenvalue weighted by atomic mass is 10.2. The molecule has 0 radical (unpaired) electrons. The van der Waals surface area contributed by atoms with E-state index in [0.717, 1.165) is 10.3 Å². The van der Waals surface area contributed by atoms with E-state index in [4.69, 9.17) is 11.6 Å². The molecule has 2 rings (SSSR count). The third kappa shape index (κ3) is 2.86. The molecular weight excluding hydrogens is 318 g/mol. The summed E-state index contributed by atoms with van der Waals surface area (Å²) in [6.45, 7) is 1.81. The van der Waals surface area contributed by atoms with Crippen molar-refractivity contribution in [3.63, 3.8) is 0 Å². The second-order valence-corrected chi connectivity index (χ2v) is 4.73. The van der Waals surface area contributed by atoms with Crippen molar-refractivity contribution in [3.8, 4) is 0 Å². The Kier molecular flexibility index (Phi) is 3.93. The second-order valence-electron chi connectivity index (χ2n) is 3.56. The second kappa shape index (κ2) is 5.46. The first-order chi connectivity index (χ1) is 8.58. The zero-order valence-electron chi connectivity index (χ0n) is 9.45. The van der Waals surface area contributed by atoms with Gasteiger partial charge in [-0.05, 0) is 47.1 Å². The predicted octanol–water partition coefficient (Wildman–Crippen LogP) is 3.45. The third-order valence-corrected chi connectivity index (χ3v) is 3.05. The number of hydrogen-bond acceptors (Lipinski definition) is 3. The molecule has 92 valence electrons. The molecule has 0 unspecified atom stereocenters. The van der Waals surface area contributed by atoms with Crippen molar-refractivity contribution in [2.24, 2.45) is 0 Å². The maximum Gasteiger partial charge on any atom is 0.258 e. The maximum absolute atomic E-state index is 12.0. The fourth-order valence-electron chi connectivity index (χ4n) is 1.41. The third-order valence-electron chi connectivity index (χ3n) is 2.30. The highest BCUT2D eigenvalue weighted by molar-refractivity contribution is 9.10. The van der Waals surface area contributed by atoms with Gasteiger partial charge in [-0.1, -0.05) is 11.6 Å². The summed E-state index contributed by atoms with van der Waals surface area (Å²) in [5.41, 5.74) is 1.70. The van der Waals surface area contributed by atoms with Crippen LogP contribution < -0.4 is 5.32 Å². The summed E-state index contributed by atoms with van der Waals surface area (Å²) in [7, 11) is 0.